The molecule has 22 heavy (non-hydrogen) atoms. The third-order valence-corrected chi connectivity index (χ3v) is 5.51. The molecule has 114 valence electrons. The fourth-order valence-corrected chi connectivity index (χ4v) is 4.26. The minimum atomic E-state index is -4.43. The number of aromatic hydroxyl groups is 1. The molecule has 3 nitrogen and oxygen atoms in total. The van der Waals surface area contributed by atoms with E-state index in [1.165, 1.54) is 30.0 Å². The Morgan fingerprint density at radius 1 is 0.955 bits per heavy atom. The summed E-state index contributed by atoms with van der Waals surface area (Å²) in [5.41, 5.74) is -1.03. The van der Waals surface area contributed by atoms with E-state index in [1.54, 1.807) is 0 Å². The summed E-state index contributed by atoms with van der Waals surface area (Å²) in [5, 5.41) is 18.7. The molecule has 2 aromatic rings. The van der Waals surface area contributed by atoms with E-state index >= 15 is 0 Å². The normalized spacial score (nSPS) is 13.4. The first-order valence-electron chi connectivity index (χ1n) is 5.93. The van der Waals surface area contributed by atoms with Gasteiger partial charge in [-0.05, 0) is 30.3 Å². The third-order valence-electron chi connectivity index (χ3n) is 3.00. The SMILES string of the molecule is O=C(O)c1cc2c(cc1O)Sc1ccc(C(F)(F)F)cc1S2. The summed E-state index contributed by atoms with van der Waals surface area (Å²) in [4.78, 5) is 13.2. The second-order valence-corrected chi connectivity index (χ2v) is 6.65. The standard InChI is InChI=1S/C14H7F3O3S2/c15-14(16,17)6-1-2-9-10(3-6)22-11-4-7(13(19)20)8(18)5-12(11)21-9/h1-5,18H,(H,19,20). The number of benzene rings is 2. The second-order valence-electron chi connectivity index (χ2n) is 4.48. The maximum absolute atomic E-state index is 12.7. The van der Waals surface area contributed by atoms with Crippen molar-refractivity contribution in [3.8, 4) is 5.75 Å². The van der Waals surface area contributed by atoms with Gasteiger partial charge in [0.05, 0.1) is 5.56 Å². The van der Waals surface area contributed by atoms with E-state index in [-0.39, 0.29) is 11.3 Å². The number of aromatic carboxylic acids is 1. The summed E-state index contributed by atoms with van der Waals surface area (Å²) >= 11 is 2.25. The molecule has 0 aromatic heterocycles. The Kier molecular flexibility index (Phi) is 3.53. The summed E-state index contributed by atoms with van der Waals surface area (Å²) in [5.74, 6) is -1.66. The zero-order valence-electron chi connectivity index (χ0n) is 10.6. The molecular weight excluding hydrogens is 337 g/mol. The third kappa shape index (κ3) is 2.64. The Morgan fingerprint density at radius 3 is 2.18 bits per heavy atom. The Balaban J connectivity index is 2.05. The van der Waals surface area contributed by atoms with Crippen LogP contribution in [0.4, 0.5) is 13.2 Å². The van der Waals surface area contributed by atoms with Gasteiger partial charge >= 0.3 is 12.1 Å². The van der Waals surface area contributed by atoms with Crippen molar-refractivity contribution in [3.63, 3.8) is 0 Å². The zero-order chi connectivity index (χ0) is 16.1. The largest absolute Gasteiger partial charge is 0.507 e. The molecule has 0 amide bonds. The van der Waals surface area contributed by atoms with Crippen LogP contribution in [0, 0.1) is 0 Å². The monoisotopic (exact) mass is 344 g/mol. The first-order chi connectivity index (χ1) is 10.3. The molecule has 1 aliphatic heterocycles. The molecular formula is C14H7F3O3S2. The number of halogens is 3. The summed E-state index contributed by atoms with van der Waals surface area (Å²) in [7, 11) is 0. The second kappa shape index (κ2) is 5.13. The van der Waals surface area contributed by atoms with Gasteiger partial charge in [0.15, 0.2) is 0 Å². The predicted molar refractivity (Wildman–Crippen MR) is 74.8 cm³/mol. The van der Waals surface area contributed by atoms with Gasteiger partial charge in [-0.1, -0.05) is 23.5 Å². The summed E-state index contributed by atoms with van der Waals surface area (Å²) in [6, 6.07) is 6.01. The van der Waals surface area contributed by atoms with Gasteiger partial charge in [0.2, 0.25) is 0 Å². The van der Waals surface area contributed by atoms with Gasteiger partial charge in [-0.3, -0.25) is 0 Å². The molecule has 2 aromatic carbocycles. The van der Waals surface area contributed by atoms with Gasteiger partial charge in [0.1, 0.15) is 11.3 Å². The number of alkyl halides is 3. The summed E-state index contributed by atoms with van der Waals surface area (Å²) in [6.07, 6.45) is -4.43. The molecule has 2 N–H and O–H groups in total. The van der Waals surface area contributed by atoms with Gasteiger partial charge in [-0.2, -0.15) is 13.2 Å². The van der Waals surface area contributed by atoms with Crippen LogP contribution in [0.2, 0.25) is 0 Å². The van der Waals surface area contributed by atoms with E-state index in [1.807, 2.05) is 0 Å². The quantitative estimate of drug-likeness (QED) is 0.669. The van der Waals surface area contributed by atoms with Gasteiger partial charge in [-0.15, -0.1) is 0 Å². The van der Waals surface area contributed by atoms with Crippen molar-refractivity contribution < 1.29 is 28.2 Å². The number of carboxylic acids is 1. The molecule has 0 saturated heterocycles. The van der Waals surface area contributed by atoms with Gasteiger partial charge in [0, 0.05) is 19.6 Å². The highest BCUT2D eigenvalue weighted by Crippen LogP contribution is 2.51. The molecule has 0 bridgehead atoms. The molecule has 0 saturated carbocycles. The lowest BCUT2D eigenvalue weighted by atomic mass is 10.2. The first-order valence-corrected chi connectivity index (χ1v) is 7.56. The average molecular weight is 344 g/mol. The number of carbonyl (C=O) groups is 1. The highest BCUT2D eigenvalue weighted by atomic mass is 32.2. The Bertz CT molecular complexity index is 788. The van der Waals surface area contributed by atoms with E-state index < -0.39 is 17.7 Å². The molecule has 3 rings (SSSR count). The van der Waals surface area contributed by atoms with Gasteiger partial charge < -0.3 is 10.2 Å². The van der Waals surface area contributed by atoms with Crippen LogP contribution in [0.25, 0.3) is 0 Å². The van der Waals surface area contributed by atoms with Crippen LogP contribution in [0.15, 0.2) is 49.9 Å². The molecule has 0 radical (unpaired) electrons. The van der Waals surface area contributed by atoms with Gasteiger partial charge in [-0.25, -0.2) is 4.79 Å². The Labute approximate surface area is 131 Å². The van der Waals surface area contributed by atoms with Crippen LogP contribution >= 0.6 is 23.5 Å². The molecule has 0 atom stereocenters. The summed E-state index contributed by atoms with van der Waals surface area (Å²) < 4.78 is 38.2. The van der Waals surface area contributed by atoms with Gasteiger partial charge in [0.25, 0.3) is 0 Å². The number of phenols is 1. The van der Waals surface area contributed by atoms with Crippen LogP contribution in [-0.4, -0.2) is 16.2 Å². The number of hydrogen-bond acceptors (Lipinski definition) is 4. The average Bonchev–Trinajstić information content (AvgIpc) is 2.42. The number of hydrogen-bond donors (Lipinski definition) is 2. The van der Waals surface area contributed by atoms with E-state index in [2.05, 4.69) is 0 Å². The fraction of sp³-hybridized carbons (Fsp3) is 0.0714. The van der Waals surface area contributed by atoms with E-state index in [0.717, 1.165) is 23.9 Å². The smallest absolute Gasteiger partial charge is 0.416 e. The lowest BCUT2D eigenvalue weighted by Crippen LogP contribution is -2.05. The topological polar surface area (TPSA) is 57.5 Å². The van der Waals surface area contributed by atoms with Crippen LogP contribution in [-0.2, 0) is 6.18 Å². The van der Waals surface area contributed by atoms with Crippen molar-refractivity contribution in [2.45, 2.75) is 25.8 Å². The number of rotatable bonds is 1. The minimum absolute atomic E-state index is 0.276. The van der Waals surface area contributed by atoms with E-state index in [4.69, 9.17) is 5.11 Å². The maximum Gasteiger partial charge on any atom is 0.416 e. The van der Waals surface area contributed by atoms with E-state index in [9.17, 15) is 23.1 Å². The molecule has 0 unspecified atom stereocenters. The van der Waals surface area contributed by atoms with Crippen molar-refractivity contribution in [3.05, 3.63) is 41.5 Å². The Hall–Kier alpha value is -1.80. The maximum atomic E-state index is 12.7. The molecule has 1 aliphatic rings. The van der Waals surface area contributed by atoms with Crippen molar-refractivity contribution in [1.82, 2.24) is 0 Å². The van der Waals surface area contributed by atoms with Crippen molar-refractivity contribution in [1.29, 1.82) is 0 Å². The van der Waals surface area contributed by atoms with E-state index in [0.29, 0.717) is 19.6 Å². The van der Waals surface area contributed by atoms with Crippen molar-refractivity contribution in [2.75, 3.05) is 0 Å². The Morgan fingerprint density at radius 2 is 1.55 bits per heavy atom. The predicted octanol–water partition coefficient (Wildman–Crippen LogP) is 4.73. The molecule has 0 fully saturated rings. The minimum Gasteiger partial charge on any atom is -0.507 e. The highest BCUT2D eigenvalue weighted by Gasteiger charge is 2.32. The molecule has 8 heteroatoms. The first kappa shape index (κ1) is 15.1. The van der Waals surface area contributed by atoms with Crippen LogP contribution in [0.1, 0.15) is 15.9 Å². The molecule has 0 aliphatic carbocycles. The fourth-order valence-electron chi connectivity index (χ4n) is 1.97. The lowest BCUT2D eigenvalue weighted by molar-refractivity contribution is -0.137. The van der Waals surface area contributed by atoms with Crippen LogP contribution in [0.5, 0.6) is 5.75 Å². The zero-order valence-corrected chi connectivity index (χ0v) is 12.3. The number of fused-ring (bicyclic) bond motifs is 2. The van der Waals surface area contributed by atoms with Crippen LogP contribution < -0.4 is 0 Å². The molecule has 1 heterocycles. The van der Waals surface area contributed by atoms with Crippen molar-refractivity contribution in [2.24, 2.45) is 0 Å². The lowest BCUT2D eigenvalue weighted by Gasteiger charge is -2.20. The van der Waals surface area contributed by atoms with Crippen LogP contribution in [0.3, 0.4) is 0 Å². The summed E-state index contributed by atoms with van der Waals surface area (Å²) in [6.45, 7) is 0. The number of carboxylic acid groups (broad SMARTS) is 1. The van der Waals surface area contributed by atoms with Crippen molar-refractivity contribution >= 4 is 29.5 Å². The molecule has 0 spiro atoms. The highest BCUT2D eigenvalue weighted by molar-refractivity contribution is 8.05.